The number of fused-ring (bicyclic) bond motifs is 1. The summed E-state index contributed by atoms with van der Waals surface area (Å²) in [6, 6.07) is 8.76. The first kappa shape index (κ1) is 19.2. The Labute approximate surface area is 172 Å². The van der Waals surface area contributed by atoms with Crippen LogP contribution in [0.4, 0.5) is 11.5 Å². The summed E-state index contributed by atoms with van der Waals surface area (Å²) < 4.78 is 1.59. The molecule has 0 saturated carbocycles. The van der Waals surface area contributed by atoms with Crippen molar-refractivity contribution in [2.75, 3.05) is 30.8 Å². The minimum absolute atomic E-state index is 0.0124. The minimum atomic E-state index is -0.313. The average molecular weight is 413 g/mol. The van der Waals surface area contributed by atoms with E-state index >= 15 is 0 Å². The maximum atomic E-state index is 12.8. The van der Waals surface area contributed by atoms with Crippen molar-refractivity contribution >= 4 is 40.6 Å². The van der Waals surface area contributed by atoms with E-state index in [1.165, 1.54) is 6.20 Å². The van der Waals surface area contributed by atoms with Gasteiger partial charge in [0, 0.05) is 49.3 Å². The molecule has 2 aromatic heterocycles. The van der Waals surface area contributed by atoms with Crippen molar-refractivity contribution in [2.45, 2.75) is 19.3 Å². The molecule has 0 bridgehead atoms. The molecule has 1 aliphatic heterocycles. The lowest BCUT2D eigenvalue weighted by Gasteiger charge is -2.14. The Kier molecular flexibility index (Phi) is 5.10. The standard InChI is InChI=1S/C20H21ClN6O2/c1-3-26-11-12(8-18(26)28)16-9-17(22-2)27-19(25-16)15(10-23-27)20(29)24-14-6-4-13(21)5-7-14/h4-7,9-10,12,22H,3,8,11H2,1-2H3,(H,24,29)/t12-/m0/s1. The van der Waals surface area contributed by atoms with Crippen LogP contribution in [0.1, 0.15) is 35.3 Å². The van der Waals surface area contributed by atoms with E-state index in [4.69, 9.17) is 16.6 Å². The topological polar surface area (TPSA) is 91.6 Å². The quantitative estimate of drug-likeness (QED) is 0.672. The highest BCUT2D eigenvalue weighted by molar-refractivity contribution is 6.30. The number of hydrogen-bond donors (Lipinski definition) is 2. The lowest BCUT2D eigenvalue weighted by molar-refractivity contribution is -0.127. The van der Waals surface area contributed by atoms with Gasteiger partial charge >= 0.3 is 0 Å². The number of aromatic nitrogens is 3. The molecule has 9 heteroatoms. The maximum Gasteiger partial charge on any atom is 0.261 e. The molecule has 3 aromatic rings. The number of carbonyl (C=O) groups is 2. The number of benzene rings is 1. The SMILES string of the molecule is CCN1C[C@@H](c2cc(NC)n3ncc(C(=O)Nc4ccc(Cl)cc4)c3n2)CC1=O. The third kappa shape index (κ3) is 3.63. The number of anilines is 2. The van der Waals surface area contributed by atoms with Crippen LogP contribution in [0.25, 0.3) is 5.65 Å². The maximum absolute atomic E-state index is 12.8. The predicted octanol–water partition coefficient (Wildman–Crippen LogP) is 3.01. The largest absolute Gasteiger partial charge is 0.373 e. The van der Waals surface area contributed by atoms with E-state index < -0.39 is 0 Å². The summed E-state index contributed by atoms with van der Waals surface area (Å²) >= 11 is 5.90. The Balaban J connectivity index is 1.69. The second-order valence-electron chi connectivity index (χ2n) is 6.90. The summed E-state index contributed by atoms with van der Waals surface area (Å²) in [4.78, 5) is 31.5. The third-order valence-electron chi connectivity index (χ3n) is 5.11. The lowest BCUT2D eigenvalue weighted by Crippen LogP contribution is -2.24. The molecule has 3 heterocycles. The van der Waals surface area contributed by atoms with Crippen LogP contribution in [0.15, 0.2) is 36.5 Å². The molecule has 29 heavy (non-hydrogen) atoms. The first-order valence-corrected chi connectivity index (χ1v) is 9.79. The van der Waals surface area contributed by atoms with E-state index in [0.717, 1.165) is 5.69 Å². The molecular weight excluding hydrogens is 392 g/mol. The smallest absolute Gasteiger partial charge is 0.261 e. The van der Waals surface area contributed by atoms with Gasteiger partial charge in [0.15, 0.2) is 5.65 Å². The van der Waals surface area contributed by atoms with E-state index in [1.807, 2.05) is 17.9 Å². The highest BCUT2D eigenvalue weighted by Crippen LogP contribution is 2.29. The molecule has 1 fully saturated rings. The van der Waals surface area contributed by atoms with Crippen molar-refractivity contribution in [3.8, 4) is 0 Å². The van der Waals surface area contributed by atoms with Crippen LogP contribution in [0.2, 0.25) is 5.02 Å². The van der Waals surface area contributed by atoms with E-state index in [9.17, 15) is 9.59 Å². The monoisotopic (exact) mass is 412 g/mol. The molecule has 0 aliphatic carbocycles. The van der Waals surface area contributed by atoms with Gasteiger partial charge in [-0.15, -0.1) is 0 Å². The lowest BCUT2D eigenvalue weighted by atomic mass is 10.0. The first-order valence-electron chi connectivity index (χ1n) is 9.41. The summed E-state index contributed by atoms with van der Waals surface area (Å²) in [6.07, 6.45) is 1.91. The van der Waals surface area contributed by atoms with Crippen LogP contribution in [-0.4, -0.2) is 51.4 Å². The van der Waals surface area contributed by atoms with Crippen LogP contribution in [0, 0.1) is 0 Å². The summed E-state index contributed by atoms with van der Waals surface area (Å²) in [5.74, 6) is 0.505. The molecule has 1 atom stereocenters. The van der Waals surface area contributed by atoms with Crippen molar-refractivity contribution in [2.24, 2.45) is 0 Å². The summed E-state index contributed by atoms with van der Waals surface area (Å²) in [5, 5.41) is 10.8. The first-order chi connectivity index (χ1) is 14.0. The fourth-order valence-corrected chi connectivity index (χ4v) is 3.66. The summed E-state index contributed by atoms with van der Waals surface area (Å²) in [7, 11) is 1.78. The number of halogens is 1. The van der Waals surface area contributed by atoms with Gasteiger partial charge in [0.05, 0.1) is 11.9 Å². The molecule has 4 rings (SSSR count). The molecule has 150 valence electrons. The fraction of sp³-hybridized carbons (Fsp3) is 0.300. The number of nitrogens with zero attached hydrogens (tertiary/aromatic N) is 4. The van der Waals surface area contributed by atoms with Crippen LogP contribution in [-0.2, 0) is 4.79 Å². The van der Waals surface area contributed by atoms with Gasteiger partial charge in [0.25, 0.3) is 5.91 Å². The molecule has 2 amide bonds. The zero-order valence-electron chi connectivity index (χ0n) is 16.1. The van der Waals surface area contributed by atoms with Gasteiger partial charge in [-0.2, -0.15) is 9.61 Å². The Hall–Kier alpha value is -3.13. The normalized spacial score (nSPS) is 16.4. The number of carbonyl (C=O) groups excluding carboxylic acids is 2. The summed E-state index contributed by atoms with van der Waals surface area (Å²) in [6.45, 7) is 3.27. The number of nitrogens with one attached hydrogen (secondary N) is 2. The van der Waals surface area contributed by atoms with Crippen molar-refractivity contribution in [3.63, 3.8) is 0 Å². The number of likely N-dealkylation sites (N-methyl/N-ethyl adjacent to an activating group) is 1. The summed E-state index contributed by atoms with van der Waals surface area (Å²) in [5.41, 5.74) is 2.20. The predicted molar refractivity (Wildman–Crippen MR) is 112 cm³/mol. The highest BCUT2D eigenvalue weighted by Gasteiger charge is 2.31. The van der Waals surface area contributed by atoms with Gasteiger partial charge < -0.3 is 15.5 Å². The Morgan fingerprint density at radius 1 is 1.31 bits per heavy atom. The van der Waals surface area contributed by atoms with Crippen LogP contribution < -0.4 is 10.6 Å². The molecule has 0 spiro atoms. The molecule has 1 saturated heterocycles. The fourth-order valence-electron chi connectivity index (χ4n) is 3.54. The average Bonchev–Trinajstić information content (AvgIpc) is 3.32. The second-order valence-corrected chi connectivity index (χ2v) is 7.34. The van der Waals surface area contributed by atoms with Crippen LogP contribution in [0.3, 0.4) is 0 Å². The van der Waals surface area contributed by atoms with Gasteiger partial charge in [-0.05, 0) is 31.2 Å². The minimum Gasteiger partial charge on any atom is -0.373 e. The van der Waals surface area contributed by atoms with Gasteiger partial charge in [-0.3, -0.25) is 9.59 Å². The van der Waals surface area contributed by atoms with Gasteiger partial charge in [0.2, 0.25) is 5.91 Å². The van der Waals surface area contributed by atoms with Crippen molar-refractivity contribution in [1.29, 1.82) is 0 Å². The Morgan fingerprint density at radius 2 is 2.07 bits per heavy atom. The second kappa shape index (κ2) is 7.71. The van der Waals surface area contributed by atoms with Crippen LogP contribution >= 0.6 is 11.6 Å². The number of likely N-dealkylation sites (tertiary alicyclic amines) is 1. The van der Waals surface area contributed by atoms with Crippen molar-refractivity contribution in [1.82, 2.24) is 19.5 Å². The van der Waals surface area contributed by atoms with E-state index in [0.29, 0.717) is 47.2 Å². The van der Waals surface area contributed by atoms with Gasteiger partial charge in [-0.1, -0.05) is 11.6 Å². The molecule has 1 aromatic carbocycles. The highest BCUT2D eigenvalue weighted by atomic mass is 35.5. The molecular formula is C20H21ClN6O2. The number of hydrogen-bond acceptors (Lipinski definition) is 5. The van der Waals surface area contributed by atoms with Gasteiger partial charge in [-0.25, -0.2) is 4.98 Å². The molecule has 2 N–H and O–H groups in total. The van der Waals surface area contributed by atoms with Crippen molar-refractivity contribution < 1.29 is 9.59 Å². The van der Waals surface area contributed by atoms with E-state index in [2.05, 4.69) is 15.7 Å². The third-order valence-corrected chi connectivity index (χ3v) is 5.36. The Bertz CT molecular complexity index is 1080. The number of amides is 2. The van der Waals surface area contributed by atoms with E-state index in [-0.39, 0.29) is 17.7 Å². The zero-order valence-corrected chi connectivity index (χ0v) is 16.9. The van der Waals surface area contributed by atoms with Gasteiger partial charge in [0.1, 0.15) is 11.4 Å². The number of rotatable bonds is 5. The molecule has 1 aliphatic rings. The van der Waals surface area contributed by atoms with Crippen LogP contribution in [0.5, 0.6) is 0 Å². The molecule has 0 unspecified atom stereocenters. The van der Waals surface area contributed by atoms with Crippen molar-refractivity contribution in [3.05, 3.63) is 52.8 Å². The zero-order chi connectivity index (χ0) is 20.5. The molecule has 0 radical (unpaired) electrons. The van der Waals surface area contributed by atoms with E-state index in [1.54, 1.807) is 35.8 Å². The molecule has 8 nitrogen and oxygen atoms in total. The Morgan fingerprint density at radius 3 is 2.72 bits per heavy atom.